The molecule has 1 saturated carbocycles. The first kappa shape index (κ1) is 19.8. The van der Waals surface area contributed by atoms with Crippen molar-refractivity contribution in [2.45, 2.75) is 19.8 Å². The molecule has 1 fully saturated rings. The second-order valence-electron chi connectivity index (χ2n) is 7.08. The molecule has 28 heavy (non-hydrogen) atoms. The van der Waals surface area contributed by atoms with E-state index in [2.05, 4.69) is 0 Å². The highest BCUT2D eigenvalue weighted by molar-refractivity contribution is 5.98. The topological polar surface area (TPSA) is 122 Å². The van der Waals surface area contributed by atoms with Crippen molar-refractivity contribution in [2.24, 2.45) is 17.8 Å². The van der Waals surface area contributed by atoms with Crippen molar-refractivity contribution < 1.29 is 33.5 Å². The van der Waals surface area contributed by atoms with Crippen molar-refractivity contribution >= 4 is 17.5 Å². The maximum atomic E-state index is 12.3. The number of hydrogen-bond acceptors (Lipinski definition) is 8. The van der Waals surface area contributed by atoms with Gasteiger partial charge in [0, 0.05) is 28.7 Å². The number of carbonyl (C=O) groups is 3. The van der Waals surface area contributed by atoms with Gasteiger partial charge in [0.25, 0.3) is 0 Å². The van der Waals surface area contributed by atoms with Gasteiger partial charge < -0.3 is 14.2 Å². The number of carbonyl (C=O) groups excluding carboxylic acids is 3. The Balaban J connectivity index is 1.55. The zero-order valence-electron chi connectivity index (χ0n) is 15.4. The summed E-state index contributed by atoms with van der Waals surface area (Å²) in [6, 6.07) is 4.70. The van der Waals surface area contributed by atoms with Gasteiger partial charge >= 0.3 is 5.97 Å². The molecule has 0 aromatic heterocycles. The first-order valence-corrected chi connectivity index (χ1v) is 9.08. The lowest BCUT2D eigenvalue weighted by Crippen LogP contribution is -2.28. The molecule has 9 heteroatoms. The van der Waals surface area contributed by atoms with Gasteiger partial charge in [0.1, 0.15) is 19.0 Å². The predicted molar refractivity (Wildman–Crippen MR) is 95.0 cm³/mol. The summed E-state index contributed by atoms with van der Waals surface area (Å²) in [5.41, 5.74) is 0.314. The smallest absolute Gasteiger partial charge is 0.306 e. The molecule has 0 unspecified atom stereocenters. The highest BCUT2D eigenvalue weighted by Crippen LogP contribution is 2.36. The van der Waals surface area contributed by atoms with Gasteiger partial charge in [0.15, 0.2) is 23.9 Å². The van der Waals surface area contributed by atoms with Crippen LogP contribution in [-0.2, 0) is 14.3 Å². The number of hydrogen-bond donors (Lipinski definition) is 0. The second kappa shape index (κ2) is 8.37. The fourth-order valence-corrected chi connectivity index (χ4v) is 3.68. The normalized spacial score (nSPS) is 23.3. The molecular formula is C19H21NO8. The van der Waals surface area contributed by atoms with E-state index >= 15 is 0 Å². The molecule has 0 amide bonds. The molecule has 1 heterocycles. The molecule has 1 aromatic rings. The van der Waals surface area contributed by atoms with Crippen LogP contribution in [0.5, 0.6) is 11.5 Å². The van der Waals surface area contributed by atoms with Crippen LogP contribution in [0.25, 0.3) is 0 Å². The zero-order chi connectivity index (χ0) is 20.3. The van der Waals surface area contributed by atoms with Crippen molar-refractivity contribution in [3.05, 3.63) is 33.9 Å². The van der Waals surface area contributed by atoms with Crippen LogP contribution in [0.15, 0.2) is 18.2 Å². The van der Waals surface area contributed by atoms with E-state index in [4.69, 9.17) is 14.2 Å². The Morgan fingerprint density at radius 3 is 2.68 bits per heavy atom. The van der Waals surface area contributed by atoms with Crippen molar-refractivity contribution in [2.75, 3.05) is 26.4 Å². The number of nitrogens with zero attached hydrogens (tertiary/aromatic N) is 1. The van der Waals surface area contributed by atoms with Gasteiger partial charge in [-0.25, -0.2) is 0 Å². The molecule has 2 aliphatic rings. The summed E-state index contributed by atoms with van der Waals surface area (Å²) in [4.78, 5) is 46.8. The molecule has 0 N–H and O–H groups in total. The minimum Gasteiger partial charge on any atom is -0.486 e. The van der Waals surface area contributed by atoms with E-state index in [1.165, 1.54) is 6.07 Å². The van der Waals surface area contributed by atoms with Gasteiger partial charge in [0.05, 0.1) is 6.42 Å². The van der Waals surface area contributed by atoms with Gasteiger partial charge in [-0.3, -0.25) is 24.5 Å². The maximum Gasteiger partial charge on any atom is 0.306 e. The lowest BCUT2D eigenvalue weighted by atomic mass is 9.88. The number of esters is 1. The standard InChI is InChI=1S/C19H21NO8/c1-11-6-15(21)13(14(11)9-20(24)25)8-19(23)28-10-16(22)12-2-3-17-18(7-12)27-5-4-26-17/h2-3,7,11,13-14H,4-6,8-10H2,1H3/t11-,13+,14-/m1/s1. The second-order valence-corrected chi connectivity index (χ2v) is 7.08. The highest BCUT2D eigenvalue weighted by Gasteiger charge is 2.44. The predicted octanol–water partition coefficient (Wildman–Crippen LogP) is 1.69. The molecule has 0 spiro atoms. The first-order valence-electron chi connectivity index (χ1n) is 9.08. The molecule has 1 aromatic carbocycles. The van der Waals surface area contributed by atoms with Crippen molar-refractivity contribution in [3.63, 3.8) is 0 Å². The fraction of sp³-hybridized carbons (Fsp3) is 0.526. The van der Waals surface area contributed by atoms with Gasteiger partial charge in [0.2, 0.25) is 6.54 Å². The van der Waals surface area contributed by atoms with E-state index in [1.54, 1.807) is 19.1 Å². The zero-order valence-corrected chi connectivity index (χ0v) is 15.4. The van der Waals surface area contributed by atoms with Crippen molar-refractivity contribution in [1.29, 1.82) is 0 Å². The quantitative estimate of drug-likeness (QED) is 0.298. The Kier molecular flexibility index (Phi) is 5.91. The van der Waals surface area contributed by atoms with Gasteiger partial charge in [-0.05, 0) is 24.1 Å². The number of benzene rings is 1. The summed E-state index contributed by atoms with van der Waals surface area (Å²) >= 11 is 0. The van der Waals surface area contributed by atoms with Gasteiger partial charge in [-0.15, -0.1) is 0 Å². The Bertz CT molecular complexity index is 805. The summed E-state index contributed by atoms with van der Waals surface area (Å²) in [5, 5.41) is 10.8. The van der Waals surface area contributed by atoms with Crippen molar-refractivity contribution in [1.82, 2.24) is 0 Å². The highest BCUT2D eigenvalue weighted by atomic mass is 16.6. The Morgan fingerprint density at radius 2 is 1.96 bits per heavy atom. The van der Waals surface area contributed by atoms with E-state index in [-0.39, 0.29) is 31.1 Å². The molecule has 3 atom stereocenters. The number of fused-ring (bicyclic) bond motifs is 1. The van der Waals surface area contributed by atoms with Crippen LogP contribution in [0.1, 0.15) is 30.1 Å². The number of nitro groups is 1. The van der Waals surface area contributed by atoms with Crippen LogP contribution in [0, 0.1) is 27.9 Å². The molecule has 9 nitrogen and oxygen atoms in total. The third-order valence-electron chi connectivity index (χ3n) is 5.16. The summed E-state index contributed by atoms with van der Waals surface area (Å²) < 4.78 is 15.8. The van der Waals surface area contributed by atoms with Crippen LogP contribution in [0.2, 0.25) is 0 Å². The Hall–Kier alpha value is -2.97. The largest absolute Gasteiger partial charge is 0.486 e. The molecule has 0 bridgehead atoms. The fourth-order valence-electron chi connectivity index (χ4n) is 3.68. The molecule has 0 saturated heterocycles. The summed E-state index contributed by atoms with van der Waals surface area (Å²) in [6.45, 7) is 1.76. The third-order valence-corrected chi connectivity index (χ3v) is 5.16. The average molecular weight is 391 g/mol. The lowest BCUT2D eigenvalue weighted by molar-refractivity contribution is -0.490. The molecule has 150 valence electrons. The molecule has 0 radical (unpaired) electrons. The monoisotopic (exact) mass is 391 g/mol. The van der Waals surface area contributed by atoms with Crippen LogP contribution in [0.4, 0.5) is 0 Å². The maximum absolute atomic E-state index is 12.3. The van der Waals surface area contributed by atoms with Crippen LogP contribution >= 0.6 is 0 Å². The Labute approximate surface area is 161 Å². The number of rotatable bonds is 7. The molecule has 3 rings (SSSR count). The number of Topliss-reactive ketones (excluding diaryl/α,β-unsaturated/α-hetero) is 2. The van der Waals surface area contributed by atoms with E-state index < -0.39 is 35.1 Å². The summed E-state index contributed by atoms with van der Waals surface area (Å²) in [7, 11) is 0. The lowest BCUT2D eigenvalue weighted by Gasteiger charge is -2.18. The van der Waals surface area contributed by atoms with Gasteiger partial charge in [-0.2, -0.15) is 0 Å². The SMILES string of the molecule is C[C@@H]1CC(=O)[C@@H](CC(=O)OCC(=O)c2ccc3c(c2)OCCO3)[C@@H]1C[N+](=O)[O-]. The van der Waals surface area contributed by atoms with Crippen LogP contribution in [0.3, 0.4) is 0 Å². The summed E-state index contributed by atoms with van der Waals surface area (Å²) in [5.74, 6) is -1.70. The van der Waals surface area contributed by atoms with E-state index in [0.29, 0.717) is 30.3 Å². The van der Waals surface area contributed by atoms with Gasteiger partial charge in [-0.1, -0.05) is 6.92 Å². The molecule has 1 aliphatic carbocycles. The number of ketones is 2. The van der Waals surface area contributed by atoms with Crippen LogP contribution in [-0.4, -0.2) is 48.8 Å². The summed E-state index contributed by atoms with van der Waals surface area (Å²) in [6.07, 6.45) is -0.0390. The minimum absolute atomic E-state index is 0.157. The molecule has 1 aliphatic heterocycles. The number of ether oxygens (including phenoxy) is 3. The van der Waals surface area contributed by atoms with E-state index in [9.17, 15) is 24.5 Å². The van der Waals surface area contributed by atoms with Crippen molar-refractivity contribution in [3.8, 4) is 11.5 Å². The van der Waals surface area contributed by atoms with E-state index in [0.717, 1.165) is 0 Å². The minimum atomic E-state index is -0.739. The Morgan fingerprint density at radius 1 is 1.25 bits per heavy atom. The van der Waals surface area contributed by atoms with E-state index in [1.807, 2.05) is 0 Å². The third kappa shape index (κ3) is 4.47. The molecular weight excluding hydrogens is 370 g/mol. The first-order chi connectivity index (χ1) is 13.3. The average Bonchev–Trinajstić information content (AvgIpc) is 2.92. The van der Waals surface area contributed by atoms with Crippen LogP contribution < -0.4 is 9.47 Å².